The molecule has 17 heavy (non-hydrogen) atoms. The van der Waals surface area contributed by atoms with Crippen LogP contribution in [0.5, 0.6) is 0 Å². The summed E-state index contributed by atoms with van der Waals surface area (Å²) in [5.41, 5.74) is 8.15. The Morgan fingerprint density at radius 3 is 2.65 bits per heavy atom. The predicted octanol–water partition coefficient (Wildman–Crippen LogP) is 1.86. The van der Waals surface area contributed by atoms with Crippen LogP contribution in [0.25, 0.3) is 0 Å². The molecule has 1 amide bonds. The molecule has 1 aromatic rings. The van der Waals surface area contributed by atoms with Crippen LogP contribution in [0.2, 0.25) is 0 Å². The first-order valence-electron chi connectivity index (χ1n) is 5.88. The number of carbonyl (C=O) groups excluding carboxylic acids is 1. The molecule has 4 nitrogen and oxygen atoms in total. The maximum Gasteiger partial charge on any atom is 0.251 e. The van der Waals surface area contributed by atoms with Crippen molar-refractivity contribution in [3.05, 3.63) is 23.8 Å². The number of hydrogen-bond acceptors (Lipinski definition) is 3. The van der Waals surface area contributed by atoms with Crippen LogP contribution in [0.15, 0.2) is 18.2 Å². The van der Waals surface area contributed by atoms with E-state index in [1.54, 1.807) is 12.1 Å². The number of benzene rings is 1. The first-order chi connectivity index (χ1) is 7.97. The fourth-order valence-corrected chi connectivity index (χ4v) is 1.53. The summed E-state index contributed by atoms with van der Waals surface area (Å²) >= 11 is 0. The number of carbonyl (C=O) groups is 1. The first-order valence-corrected chi connectivity index (χ1v) is 5.88. The van der Waals surface area contributed by atoms with Gasteiger partial charge in [-0.1, -0.05) is 0 Å². The zero-order valence-corrected chi connectivity index (χ0v) is 10.9. The Hall–Kier alpha value is -1.71. The van der Waals surface area contributed by atoms with Crippen molar-refractivity contribution in [1.82, 2.24) is 5.32 Å². The van der Waals surface area contributed by atoms with E-state index in [9.17, 15) is 4.79 Å². The molecule has 0 aliphatic heterocycles. The third-order valence-electron chi connectivity index (χ3n) is 2.78. The van der Waals surface area contributed by atoms with Gasteiger partial charge in [-0.05, 0) is 39.0 Å². The Morgan fingerprint density at radius 1 is 1.47 bits per heavy atom. The molecule has 0 spiro atoms. The van der Waals surface area contributed by atoms with E-state index in [4.69, 9.17) is 5.73 Å². The van der Waals surface area contributed by atoms with E-state index in [1.807, 2.05) is 20.0 Å². The molecule has 3 N–H and O–H groups in total. The standard InChI is InChI=1S/C13H21N3O/c1-5-15-13(17)10-6-7-11(14)12(8-10)16(4)9(2)3/h6-9H,5,14H2,1-4H3,(H,15,17). The summed E-state index contributed by atoms with van der Waals surface area (Å²) in [6.45, 7) is 6.69. The Balaban J connectivity index is 3.06. The van der Waals surface area contributed by atoms with Crippen LogP contribution in [0.3, 0.4) is 0 Å². The van der Waals surface area contributed by atoms with Crippen LogP contribution < -0.4 is 16.0 Å². The van der Waals surface area contributed by atoms with Gasteiger partial charge in [0.05, 0.1) is 11.4 Å². The molecule has 0 saturated heterocycles. The highest BCUT2D eigenvalue weighted by Gasteiger charge is 2.12. The lowest BCUT2D eigenvalue weighted by atomic mass is 10.1. The third-order valence-corrected chi connectivity index (χ3v) is 2.78. The summed E-state index contributed by atoms with van der Waals surface area (Å²) in [6, 6.07) is 5.69. The molecule has 0 bridgehead atoms. The predicted molar refractivity (Wildman–Crippen MR) is 72.4 cm³/mol. The molecule has 0 saturated carbocycles. The zero-order valence-electron chi connectivity index (χ0n) is 10.9. The van der Waals surface area contributed by atoms with E-state index >= 15 is 0 Å². The molecule has 0 fully saturated rings. The van der Waals surface area contributed by atoms with Gasteiger partial charge in [-0.3, -0.25) is 4.79 Å². The quantitative estimate of drug-likeness (QED) is 0.783. The highest BCUT2D eigenvalue weighted by Crippen LogP contribution is 2.25. The van der Waals surface area contributed by atoms with Crippen molar-refractivity contribution >= 4 is 17.3 Å². The minimum atomic E-state index is -0.0640. The SMILES string of the molecule is CCNC(=O)c1ccc(N)c(N(C)C(C)C)c1. The number of nitrogens with two attached hydrogens (primary N) is 1. The van der Waals surface area contributed by atoms with E-state index in [1.165, 1.54) is 0 Å². The number of hydrogen-bond donors (Lipinski definition) is 2. The molecule has 0 aliphatic carbocycles. The smallest absolute Gasteiger partial charge is 0.251 e. The molecule has 0 unspecified atom stereocenters. The van der Waals surface area contributed by atoms with E-state index in [0.29, 0.717) is 23.8 Å². The van der Waals surface area contributed by atoms with Gasteiger partial charge in [-0.25, -0.2) is 0 Å². The van der Waals surface area contributed by atoms with E-state index in [0.717, 1.165) is 5.69 Å². The molecule has 0 atom stereocenters. The summed E-state index contributed by atoms with van der Waals surface area (Å²) in [5.74, 6) is -0.0640. The van der Waals surface area contributed by atoms with Gasteiger partial charge in [0, 0.05) is 25.2 Å². The van der Waals surface area contributed by atoms with Crippen LogP contribution in [0.4, 0.5) is 11.4 Å². The van der Waals surface area contributed by atoms with E-state index in [-0.39, 0.29) is 5.91 Å². The maximum atomic E-state index is 11.7. The minimum Gasteiger partial charge on any atom is -0.397 e. The van der Waals surface area contributed by atoms with Gasteiger partial charge < -0.3 is 16.0 Å². The lowest BCUT2D eigenvalue weighted by molar-refractivity contribution is 0.0956. The Bertz CT molecular complexity index is 402. The summed E-state index contributed by atoms with van der Waals surface area (Å²) in [4.78, 5) is 13.8. The molecule has 1 rings (SSSR count). The highest BCUT2D eigenvalue weighted by atomic mass is 16.1. The zero-order chi connectivity index (χ0) is 13.0. The normalized spacial score (nSPS) is 10.4. The average molecular weight is 235 g/mol. The van der Waals surface area contributed by atoms with Crippen LogP contribution in [-0.4, -0.2) is 25.5 Å². The van der Waals surface area contributed by atoms with Gasteiger partial charge >= 0.3 is 0 Å². The molecule has 0 heterocycles. The number of rotatable bonds is 4. The topological polar surface area (TPSA) is 58.4 Å². The van der Waals surface area contributed by atoms with Crippen LogP contribution >= 0.6 is 0 Å². The van der Waals surface area contributed by atoms with Gasteiger partial charge in [0.1, 0.15) is 0 Å². The fourth-order valence-electron chi connectivity index (χ4n) is 1.53. The van der Waals surface area contributed by atoms with Gasteiger partial charge in [0.2, 0.25) is 0 Å². The van der Waals surface area contributed by atoms with Crippen molar-refractivity contribution in [2.45, 2.75) is 26.8 Å². The van der Waals surface area contributed by atoms with E-state index in [2.05, 4.69) is 24.1 Å². The molecular formula is C13H21N3O. The fraction of sp³-hybridized carbons (Fsp3) is 0.462. The molecule has 0 radical (unpaired) electrons. The number of nitrogens with one attached hydrogen (secondary N) is 1. The minimum absolute atomic E-state index is 0.0640. The van der Waals surface area contributed by atoms with Crippen molar-refractivity contribution in [2.24, 2.45) is 0 Å². The lowest BCUT2D eigenvalue weighted by Gasteiger charge is -2.25. The summed E-state index contributed by atoms with van der Waals surface area (Å²) < 4.78 is 0. The van der Waals surface area contributed by atoms with Crippen molar-refractivity contribution in [3.63, 3.8) is 0 Å². The third kappa shape index (κ3) is 3.12. The van der Waals surface area contributed by atoms with Gasteiger partial charge in [-0.2, -0.15) is 0 Å². The summed E-state index contributed by atoms with van der Waals surface area (Å²) in [6.07, 6.45) is 0. The maximum absolute atomic E-state index is 11.7. The second-order valence-electron chi connectivity index (χ2n) is 4.34. The van der Waals surface area contributed by atoms with Gasteiger partial charge in [-0.15, -0.1) is 0 Å². The monoisotopic (exact) mass is 235 g/mol. The lowest BCUT2D eigenvalue weighted by Crippen LogP contribution is -2.27. The summed E-state index contributed by atoms with van der Waals surface area (Å²) in [7, 11) is 1.97. The molecular weight excluding hydrogens is 214 g/mol. The average Bonchev–Trinajstić information content (AvgIpc) is 2.28. The number of anilines is 2. The number of nitrogen functional groups attached to an aromatic ring is 1. The number of amides is 1. The largest absolute Gasteiger partial charge is 0.397 e. The Labute approximate surface area is 103 Å². The van der Waals surface area contributed by atoms with Crippen molar-refractivity contribution < 1.29 is 4.79 Å². The number of nitrogens with zero attached hydrogens (tertiary/aromatic N) is 1. The molecule has 0 aromatic heterocycles. The first kappa shape index (κ1) is 13.4. The van der Waals surface area contributed by atoms with Crippen LogP contribution in [0, 0.1) is 0 Å². The molecule has 1 aromatic carbocycles. The van der Waals surface area contributed by atoms with Crippen LogP contribution in [0.1, 0.15) is 31.1 Å². The van der Waals surface area contributed by atoms with Crippen LogP contribution in [-0.2, 0) is 0 Å². The molecule has 4 heteroatoms. The van der Waals surface area contributed by atoms with Gasteiger partial charge in [0.15, 0.2) is 0 Å². The summed E-state index contributed by atoms with van der Waals surface area (Å²) in [5, 5.41) is 2.78. The van der Waals surface area contributed by atoms with Crippen molar-refractivity contribution in [3.8, 4) is 0 Å². The second kappa shape index (κ2) is 5.57. The molecule has 0 aliphatic rings. The second-order valence-corrected chi connectivity index (χ2v) is 4.34. The Morgan fingerprint density at radius 2 is 2.12 bits per heavy atom. The Kier molecular flexibility index (Phi) is 4.37. The van der Waals surface area contributed by atoms with Crippen molar-refractivity contribution in [1.29, 1.82) is 0 Å². The van der Waals surface area contributed by atoms with Gasteiger partial charge in [0.25, 0.3) is 5.91 Å². The van der Waals surface area contributed by atoms with Crippen molar-refractivity contribution in [2.75, 3.05) is 24.2 Å². The van der Waals surface area contributed by atoms with E-state index < -0.39 is 0 Å². The highest BCUT2D eigenvalue weighted by molar-refractivity contribution is 5.96. The molecule has 94 valence electrons.